The molecule has 0 aromatic heterocycles. The van der Waals surface area contributed by atoms with Gasteiger partial charge >= 0.3 is 0 Å². The van der Waals surface area contributed by atoms with E-state index < -0.39 is 27.8 Å². The van der Waals surface area contributed by atoms with Gasteiger partial charge in [-0.2, -0.15) is 0 Å². The van der Waals surface area contributed by atoms with Gasteiger partial charge in [0.05, 0.1) is 5.75 Å². The van der Waals surface area contributed by atoms with Crippen LogP contribution in [-0.4, -0.2) is 32.1 Å². The molecule has 0 heterocycles. The Bertz CT molecular complexity index is 272. The second kappa shape index (κ2) is 6.06. The molecule has 0 saturated heterocycles. The number of carbonyl (C=O) groups is 1. The predicted molar refractivity (Wildman–Crippen MR) is 49.2 cm³/mol. The highest BCUT2D eigenvalue weighted by Gasteiger charge is 2.22. The van der Waals surface area contributed by atoms with E-state index in [4.69, 9.17) is 0 Å². The largest absolute Gasteiger partial charge is 0.297 e. The molecular formula is C8H14F2O3S. The monoisotopic (exact) mass is 228 g/mol. The van der Waals surface area contributed by atoms with Crippen LogP contribution in [0.5, 0.6) is 0 Å². The third kappa shape index (κ3) is 6.01. The lowest BCUT2D eigenvalue weighted by molar-refractivity contribution is -0.126. The highest BCUT2D eigenvalue weighted by atomic mass is 32.2. The minimum atomic E-state index is -3.63. The maximum atomic E-state index is 11.7. The van der Waals surface area contributed by atoms with Crippen molar-refractivity contribution in [1.29, 1.82) is 0 Å². The van der Waals surface area contributed by atoms with Crippen molar-refractivity contribution in [3.8, 4) is 0 Å². The number of carbonyl (C=O) groups excluding carboxylic acids is 1. The van der Waals surface area contributed by atoms with Crippen LogP contribution < -0.4 is 0 Å². The molecule has 0 radical (unpaired) electrons. The number of ketones is 1. The molecule has 0 unspecified atom stereocenters. The van der Waals surface area contributed by atoms with E-state index in [0.717, 1.165) is 12.8 Å². The third-order valence-corrected chi connectivity index (χ3v) is 3.30. The van der Waals surface area contributed by atoms with Crippen LogP contribution in [0.15, 0.2) is 0 Å². The lowest BCUT2D eigenvalue weighted by atomic mass is 10.3. The molecule has 0 saturated carbocycles. The molecule has 0 aromatic carbocycles. The highest BCUT2D eigenvalue weighted by Crippen LogP contribution is 2.03. The zero-order valence-corrected chi connectivity index (χ0v) is 8.82. The quantitative estimate of drug-likeness (QED) is 0.619. The maximum absolute atomic E-state index is 11.7. The van der Waals surface area contributed by atoms with Crippen molar-refractivity contribution in [3.63, 3.8) is 0 Å². The maximum Gasteiger partial charge on any atom is 0.297 e. The van der Waals surface area contributed by atoms with E-state index in [-0.39, 0.29) is 5.75 Å². The molecule has 0 atom stereocenters. The second-order valence-corrected chi connectivity index (χ2v) is 5.25. The van der Waals surface area contributed by atoms with Crippen molar-refractivity contribution >= 4 is 15.6 Å². The molecule has 0 bridgehead atoms. The van der Waals surface area contributed by atoms with Crippen LogP contribution in [0.4, 0.5) is 8.78 Å². The van der Waals surface area contributed by atoms with Gasteiger partial charge in [0.15, 0.2) is 9.84 Å². The summed E-state index contributed by atoms with van der Waals surface area (Å²) in [7, 11) is -3.63. The average Bonchev–Trinajstić information content (AvgIpc) is 2.03. The van der Waals surface area contributed by atoms with E-state index in [1.165, 1.54) is 0 Å². The van der Waals surface area contributed by atoms with E-state index >= 15 is 0 Å². The Hall–Kier alpha value is -0.520. The molecule has 0 aromatic rings. The van der Waals surface area contributed by atoms with E-state index in [1.807, 2.05) is 6.92 Å². The lowest BCUT2D eigenvalue weighted by Crippen LogP contribution is -2.23. The lowest BCUT2D eigenvalue weighted by Gasteiger charge is -2.02. The van der Waals surface area contributed by atoms with Gasteiger partial charge in [-0.05, 0) is 6.42 Å². The fraction of sp³-hybridized carbons (Fsp3) is 0.875. The molecule has 0 rings (SSSR count). The van der Waals surface area contributed by atoms with Crippen LogP contribution in [0.2, 0.25) is 0 Å². The van der Waals surface area contributed by atoms with Gasteiger partial charge in [0.1, 0.15) is 5.75 Å². The van der Waals surface area contributed by atoms with E-state index in [1.54, 1.807) is 0 Å². The predicted octanol–water partition coefficient (Wildman–Crippen LogP) is 1.43. The first-order chi connectivity index (χ1) is 6.39. The number of alkyl halides is 2. The minimum absolute atomic E-state index is 0.181. The average molecular weight is 228 g/mol. The van der Waals surface area contributed by atoms with Crippen molar-refractivity contribution in [2.24, 2.45) is 0 Å². The van der Waals surface area contributed by atoms with Gasteiger partial charge in [-0.3, -0.25) is 4.79 Å². The van der Waals surface area contributed by atoms with Gasteiger partial charge < -0.3 is 0 Å². The smallest absolute Gasteiger partial charge is 0.292 e. The molecule has 0 spiro atoms. The Balaban J connectivity index is 4.02. The third-order valence-electron chi connectivity index (χ3n) is 1.66. The Morgan fingerprint density at radius 1 is 1.29 bits per heavy atom. The standard InChI is InChI=1S/C8H14F2O3S/c1-2-3-4-5-14(12,13)6-7(11)8(9)10/h8H,2-6H2,1H3. The number of hydrogen-bond donors (Lipinski definition) is 0. The van der Waals surface area contributed by atoms with Gasteiger partial charge in [-0.25, -0.2) is 17.2 Å². The van der Waals surface area contributed by atoms with Gasteiger partial charge in [0.2, 0.25) is 5.78 Å². The summed E-state index contributed by atoms with van der Waals surface area (Å²) in [4.78, 5) is 10.5. The highest BCUT2D eigenvalue weighted by molar-refractivity contribution is 7.92. The van der Waals surface area contributed by atoms with Crippen molar-refractivity contribution < 1.29 is 22.0 Å². The fourth-order valence-electron chi connectivity index (χ4n) is 0.924. The number of sulfone groups is 1. The number of rotatable bonds is 7. The van der Waals surface area contributed by atoms with Gasteiger partial charge in [0, 0.05) is 0 Å². The molecular weight excluding hydrogens is 214 g/mol. The van der Waals surface area contributed by atoms with Crippen LogP contribution in [0.1, 0.15) is 26.2 Å². The molecule has 0 fully saturated rings. The van der Waals surface area contributed by atoms with Crippen molar-refractivity contribution in [1.82, 2.24) is 0 Å². The molecule has 14 heavy (non-hydrogen) atoms. The van der Waals surface area contributed by atoms with Gasteiger partial charge in [-0.1, -0.05) is 19.8 Å². The summed E-state index contributed by atoms with van der Waals surface area (Å²) >= 11 is 0. The first kappa shape index (κ1) is 13.5. The number of halogens is 2. The van der Waals surface area contributed by atoms with Crippen LogP contribution in [0, 0.1) is 0 Å². The van der Waals surface area contributed by atoms with Crippen molar-refractivity contribution in [3.05, 3.63) is 0 Å². The van der Waals surface area contributed by atoms with E-state index in [9.17, 15) is 22.0 Å². The first-order valence-electron chi connectivity index (χ1n) is 4.40. The van der Waals surface area contributed by atoms with Gasteiger partial charge in [-0.15, -0.1) is 0 Å². The van der Waals surface area contributed by atoms with E-state index in [2.05, 4.69) is 0 Å². The summed E-state index contributed by atoms with van der Waals surface area (Å²) < 4.78 is 45.6. The van der Waals surface area contributed by atoms with Crippen LogP contribution in [0.25, 0.3) is 0 Å². The Morgan fingerprint density at radius 2 is 1.86 bits per heavy atom. The van der Waals surface area contributed by atoms with Crippen molar-refractivity contribution in [2.75, 3.05) is 11.5 Å². The Labute approximate surface area is 82.4 Å². The van der Waals surface area contributed by atoms with Crippen molar-refractivity contribution in [2.45, 2.75) is 32.6 Å². The minimum Gasteiger partial charge on any atom is -0.292 e. The normalized spacial score (nSPS) is 12.0. The first-order valence-corrected chi connectivity index (χ1v) is 6.22. The van der Waals surface area contributed by atoms with Crippen LogP contribution in [-0.2, 0) is 14.6 Å². The summed E-state index contributed by atoms with van der Waals surface area (Å²) in [5, 5.41) is 0. The molecule has 0 aliphatic heterocycles. The van der Waals surface area contributed by atoms with Crippen LogP contribution >= 0.6 is 0 Å². The fourth-order valence-corrected chi connectivity index (χ4v) is 2.27. The molecule has 0 aliphatic rings. The number of hydrogen-bond acceptors (Lipinski definition) is 3. The molecule has 0 amide bonds. The molecule has 3 nitrogen and oxygen atoms in total. The zero-order valence-electron chi connectivity index (χ0n) is 8.00. The summed E-state index contributed by atoms with van der Waals surface area (Å²) in [5.74, 6) is -2.73. The van der Waals surface area contributed by atoms with Crippen LogP contribution in [0.3, 0.4) is 0 Å². The number of unbranched alkanes of at least 4 members (excludes halogenated alkanes) is 2. The van der Waals surface area contributed by atoms with E-state index in [0.29, 0.717) is 6.42 Å². The summed E-state index contributed by atoms with van der Waals surface area (Å²) in [6.07, 6.45) is -1.19. The topological polar surface area (TPSA) is 51.2 Å². The summed E-state index contributed by atoms with van der Waals surface area (Å²) in [6, 6.07) is 0. The van der Waals surface area contributed by atoms with Gasteiger partial charge in [0.25, 0.3) is 6.43 Å². The Morgan fingerprint density at radius 3 is 2.29 bits per heavy atom. The number of Topliss-reactive ketones (excluding diaryl/α,β-unsaturated/α-hetero) is 1. The molecule has 84 valence electrons. The molecule has 0 N–H and O–H groups in total. The SMILES string of the molecule is CCCCCS(=O)(=O)CC(=O)C(F)F. The summed E-state index contributed by atoms with van der Waals surface area (Å²) in [6.45, 7) is 1.90. The Kier molecular flexibility index (Phi) is 5.83. The summed E-state index contributed by atoms with van der Waals surface area (Å²) in [5.41, 5.74) is 0. The zero-order chi connectivity index (χ0) is 11.2. The second-order valence-electron chi connectivity index (χ2n) is 3.07. The molecule has 6 heteroatoms. The molecule has 0 aliphatic carbocycles.